The van der Waals surface area contributed by atoms with Crippen molar-refractivity contribution in [2.75, 3.05) is 5.32 Å². The summed E-state index contributed by atoms with van der Waals surface area (Å²) in [7, 11) is 0. The maximum Gasteiger partial charge on any atom is 0.270 e. The minimum Gasteiger partial charge on any atom is -0.344 e. The molecular formula is C23H26N4O. The lowest BCUT2D eigenvalue weighted by Crippen LogP contribution is -2.27. The van der Waals surface area contributed by atoms with Gasteiger partial charge in [0.25, 0.3) is 5.91 Å². The zero-order valence-electron chi connectivity index (χ0n) is 17.0. The van der Waals surface area contributed by atoms with Crippen molar-refractivity contribution in [3.8, 4) is 0 Å². The van der Waals surface area contributed by atoms with Crippen LogP contribution in [0.2, 0.25) is 0 Å². The van der Waals surface area contributed by atoms with Gasteiger partial charge in [0.05, 0.1) is 6.04 Å². The van der Waals surface area contributed by atoms with Crippen molar-refractivity contribution < 1.29 is 4.79 Å². The number of carbonyl (C=O) groups excluding carboxylic acids is 1. The highest BCUT2D eigenvalue weighted by molar-refractivity contribution is 5.93. The summed E-state index contributed by atoms with van der Waals surface area (Å²) >= 11 is 0. The number of nitrogens with one attached hydrogen (secondary N) is 2. The van der Waals surface area contributed by atoms with Gasteiger partial charge in [-0.05, 0) is 57.4 Å². The molecule has 0 saturated carbocycles. The van der Waals surface area contributed by atoms with Crippen molar-refractivity contribution in [3.63, 3.8) is 0 Å². The number of aromatic nitrogens is 2. The number of aryl methyl sites for hydroxylation is 4. The van der Waals surface area contributed by atoms with Crippen molar-refractivity contribution in [2.24, 2.45) is 0 Å². The molecule has 1 amide bonds. The lowest BCUT2D eigenvalue weighted by Gasteiger charge is -2.16. The Morgan fingerprint density at radius 2 is 1.57 bits per heavy atom. The monoisotopic (exact) mass is 374 g/mol. The summed E-state index contributed by atoms with van der Waals surface area (Å²) < 4.78 is 0. The van der Waals surface area contributed by atoms with E-state index in [4.69, 9.17) is 0 Å². The van der Waals surface area contributed by atoms with Crippen LogP contribution in [0.15, 0.2) is 48.5 Å². The second-order valence-corrected chi connectivity index (χ2v) is 7.22. The molecule has 0 spiro atoms. The predicted octanol–water partition coefficient (Wildman–Crippen LogP) is 4.94. The van der Waals surface area contributed by atoms with Crippen molar-refractivity contribution in [1.29, 1.82) is 0 Å². The molecule has 0 aliphatic rings. The van der Waals surface area contributed by atoms with Gasteiger partial charge in [0.2, 0.25) is 5.95 Å². The zero-order chi connectivity index (χ0) is 20.3. The van der Waals surface area contributed by atoms with Crippen LogP contribution in [0.4, 0.5) is 11.6 Å². The van der Waals surface area contributed by atoms with Gasteiger partial charge in [0.1, 0.15) is 5.69 Å². The first-order valence-corrected chi connectivity index (χ1v) is 9.40. The fourth-order valence-electron chi connectivity index (χ4n) is 3.33. The Balaban J connectivity index is 1.82. The Hall–Kier alpha value is -3.21. The third-order valence-corrected chi connectivity index (χ3v) is 4.65. The summed E-state index contributed by atoms with van der Waals surface area (Å²) in [5, 5.41) is 6.29. The van der Waals surface area contributed by atoms with Gasteiger partial charge in [0.15, 0.2) is 0 Å². The molecule has 1 atom stereocenters. The van der Waals surface area contributed by atoms with Gasteiger partial charge in [-0.25, -0.2) is 9.97 Å². The molecule has 1 heterocycles. The van der Waals surface area contributed by atoms with E-state index in [1.54, 1.807) is 6.07 Å². The normalized spacial score (nSPS) is 11.8. The smallest absolute Gasteiger partial charge is 0.270 e. The van der Waals surface area contributed by atoms with Crippen LogP contribution in [-0.2, 0) is 0 Å². The second-order valence-electron chi connectivity index (χ2n) is 7.22. The molecular weight excluding hydrogens is 348 g/mol. The minimum atomic E-state index is -0.220. The van der Waals surface area contributed by atoms with Crippen LogP contribution in [0, 0.1) is 27.7 Å². The summed E-state index contributed by atoms with van der Waals surface area (Å²) in [5.74, 6) is 0.204. The first-order valence-electron chi connectivity index (χ1n) is 9.40. The Morgan fingerprint density at radius 1 is 0.929 bits per heavy atom. The molecule has 1 unspecified atom stereocenters. The van der Waals surface area contributed by atoms with Gasteiger partial charge in [0, 0.05) is 11.4 Å². The van der Waals surface area contributed by atoms with Gasteiger partial charge in [-0.1, -0.05) is 48.0 Å². The van der Waals surface area contributed by atoms with Gasteiger partial charge < -0.3 is 10.6 Å². The highest BCUT2D eigenvalue weighted by Crippen LogP contribution is 2.24. The van der Waals surface area contributed by atoms with Crippen LogP contribution in [-0.4, -0.2) is 15.9 Å². The van der Waals surface area contributed by atoms with E-state index >= 15 is 0 Å². The molecule has 2 N–H and O–H groups in total. The molecule has 0 bridgehead atoms. The molecule has 5 nitrogen and oxygen atoms in total. The SMILES string of the molecule is Cc1cc(C)c(Nc2nc(C)cc(C(=O)NC(C)c3ccccc3)n2)c(C)c1. The molecule has 3 aromatic rings. The van der Waals surface area contributed by atoms with Crippen LogP contribution in [0.1, 0.15) is 51.4 Å². The van der Waals surface area contributed by atoms with E-state index < -0.39 is 0 Å². The third-order valence-electron chi connectivity index (χ3n) is 4.65. The number of hydrogen-bond acceptors (Lipinski definition) is 4. The summed E-state index contributed by atoms with van der Waals surface area (Å²) in [4.78, 5) is 21.6. The lowest BCUT2D eigenvalue weighted by atomic mass is 10.1. The van der Waals surface area contributed by atoms with Crippen LogP contribution in [0.3, 0.4) is 0 Å². The number of amides is 1. The number of rotatable bonds is 5. The molecule has 5 heteroatoms. The zero-order valence-corrected chi connectivity index (χ0v) is 17.0. The molecule has 0 radical (unpaired) electrons. The first-order chi connectivity index (χ1) is 13.3. The number of nitrogens with zero attached hydrogens (tertiary/aromatic N) is 2. The number of hydrogen-bond donors (Lipinski definition) is 2. The van der Waals surface area contributed by atoms with Gasteiger partial charge in [-0.3, -0.25) is 4.79 Å². The van der Waals surface area contributed by atoms with Crippen molar-refractivity contribution in [3.05, 3.63) is 82.2 Å². The molecule has 3 rings (SSSR count). The maximum absolute atomic E-state index is 12.7. The Bertz CT molecular complexity index is 976. The Kier molecular flexibility index (Phi) is 5.73. The summed E-state index contributed by atoms with van der Waals surface area (Å²) in [6.07, 6.45) is 0. The second kappa shape index (κ2) is 8.21. The van der Waals surface area contributed by atoms with Gasteiger partial charge >= 0.3 is 0 Å². The van der Waals surface area contributed by atoms with Crippen molar-refractivity contribution in [1.82, 2.24) is 15.3 Å². The van der Waals surface area contributed by atoms with E-state index in [9.17, 15) is 4.79 Å². The quantitative estimate of drug-likeness (QED) is 0.663. The van der Waals surface area contributed by atoms with Crippen LogP contribution < -0.4 is 10.6 Å². The molecule has 0 saturated heterocycles. The molecule has 0 fully saturated rings. The van der Waals surface area contributed by atoms with Crippen LogP contribution in [0.5, 0.6) is 0 Å². The van der Waals surface area contributed by atoms with Gasteiger partial charge in [-0.15, -0.1) is 0 Å². The highest BCUT2D eigenvalue weighted by atomic mass is 16.1. The Morgan fingerprint density at radius 3 is 2.21 bits per heavy atom. The number of benzene rings is 2. The fourth-order valence-corrected chi connectivity index (χ4v) is 3.33. The van der Waals surface area contributed by atoms with Crippen LogP contribution in [0.25, 0.3) is 0 Å². The first kappa shape index (κ1) is 19.5. The summed E-state index contributed by atoms with van der Waals surface area (Å²) in [6, 6.07) is 15.7. The van der Waals surface area contributed by atoms with E-state index in [-0.39, 0.29) is 11.9 Å². The van der Waals surface area contributed by atoms with E-state index in [1.165, 1.54) is 5.56 Å². The van der Waals surface area contributed by atoms with Crippen LogP contribution >= 0.6 is 0 Å². The topological polar surface area (TPSA) is 66.9 Å². The predicted molar refractivity (Wildman–Crippen MR) is 113 cm³/mol. The largest absolute Gasteiger partial charge is 0.344 e. The summed E-state index contributed by atoms with van der Waals surface area (Å²) in [6.45, 7) is 9.99. The van der Waals surface area contributed by atoms with Gasteiger partial charge in [-0.2, -0.15) is 0 Å². The molecule has 144 valence electrons. The Labute approximate surface area is 166 Å². The van der Waals surface area contributed by atoms with E-state index in [0.29, 0.717) is 11.6 Å². The number of anilines is 2. The highest BCUT2D eigenvalue weighted by Gasteiger charge is 2.15. The fraction of sp³-hybridized carbons (Fsp3) is 0.261. The standard InChI is InChI=1S/C23H26N4O/c1-14-11-15(2)21(16(3)12-14)27-23-24-17(4)13-20(26-23)22(28)25-18(5)19-9-7-6-8-10-19/h6-13,18H,1-5H3,(H,25,28)(H,24,26,27). The maximum atomic E-state index is 12.7. The average molecular weight is 374 g/mol. The molecule has 28 heavy (non-hydrogen) atoms. The third kappa shape index (κ3) is 4.55. The number of carbonyl (C=O) groups is 1. The molecule has 2 aromatic carbocycles. The molecule has 1 aromatic heterocycles. The molecule has 0 aliphatic heterocycles. The van der Waals surface area contributed by atoms with Crippen molar-refractivity contribution >= 4 is 17.5 Å². The van der Waals surface area contributed by atoms with Crippen molar-refractivity contribution in [2.45, 2.75) is 40.7 Å². The van der Waals surface area contributed by atoms with E-state index in [0.717, 1.165) is 28.1 Å². The minimum absolute atomic E-state index is 0.109. The van der Waals surface area contributed by atoms with E-state index in [1.807, 2.05) is 58.0 Å². The average Bonchev–Trinajstić information content (AvgIpc) is 2.65. The lowest BCUT2D eigenvalue weighted by molar-refractivity contribution is 0.0934. The molecule has 0 aliphatic carbocycles. The van der Waals surface area contributed by atoms with E-state index in [2.05, 4.69) is 39.7 Å². The summed E-state index contributed by atoms with van der Waals surface area (Å²) in [5.41, 5.74) is 6.54.